The van der Waals surface area contributed by atoms with Crippen LogP contribution in [0.5, 0.6) is 0 Å². The van der Waals surface area contributed by atoms with Gasteiger partial charge in [-0.1, -0.05) is 30.3 Å². The van der Waals surface area contributed by atoms with Gasteiger partial charge in [0.15, 0.2) is 5.58 Å². The molecule has 1 N–H and O–H groups in total. The minimum Gasteiger partial charge on any atom is -0.431 e. The Balaban J connectivity index is 1.33. The zero-order chi connectivity index (χ0) is 15.9. The molecule has 23 heavy (non-hydrogen) atoms. The molecule has 0 spiro atoms. The van der Waals surface area contributed by atoms with Gasteiger partial charge in [0.05, 0.1) is 5.75 Å². The molecule has 0 unspecified atom stereocenters. The van der Waals surface area contributed by atoms with Crippen LogP contribution < -0.4 is 5.32 Å². The highest BCUT2D eigenvalue weighted by Crippen LogP contribution is 2.22. The van der Waals surface area contributed by atoms with Crippen LogP contribution in [-0.2, 0) is 4.79 Å². The smallest absolute Gasteiger partial charge is 0.257 e. The lowest BCUT2D eigenvalue weighted by Gasteiger charge is -2.26. The van der Waals surface area contributed by atoms with E-state index in [4.69, 9.17) is 4.42 Å². The molecule has 1 aromatic heterocycles. The SMILES string of the molecule is O=C(CSc1nc2ccccc2o1)NCCCN1CCCCC1. The van der Waals surface area contributed by atoms with Crippen LogP contribution in [0.3, 0.4) is 0 Å². The zero-order valence-electron chi connectivity index (χ0n) is 13.3. The van der Waals surface area contributed by atoms with E-state index in [1.165, 1.54) is 44.1 Å². The molecule has 1 amide bonds. The first-order chi connectivity index (χ1) is 11.3. The predicted octanol–water partition coefficient (Wildman–Crippen LogP) is 2.91. The number of para-hydroxylation sites is 2. The Morgan fingerprint density at radius 3 is 2.91 bits per heavy atom. The Hall–Kier alpha value is -1.53. The summed E-state index contributed by atoms with van der Waals surface area (Å²) in [6, 6.07) is 7.63. The number of carbonyl (C=O) groups is 1. The number of fused-ring (bicyclic) bond motifs is 1. The second kappa shape index (κ2) is 8.36. The number of nitrogens with one attached hydrogen (secondary N) is 1. The Bertz CT molecular complexity index is 605. The molecule has 0 radical (unpaired) electrons. The number of aromatic nitrogens is 1. The molecule has 5 nitrogen and oxygen atoms in total. The van der Waals surface area contributed by atoms with Crippen LogP contribution >= 0.6 is 11.8 Å². The molecule has 2 aromatic rings. The lowest BCUT2D eigenvalue weighted by Crippen LogP contribution is -2.33. The monoisotopic (exact) mass is 333 g/mol. The van der Waals surface area contributed by atoms with Gasteiger partial charge in [0.25, 0.3) is 5.22 Å². The van der Waals surface area contributed by atoms with E-state index >= 15 is 0 Å². The fourth-order valence-corrected chi connectivity index (χ4v) is 3.47. The van der Waals surface area contributed by atoms with E-state index in [1.54, 1.807) is 0 Å². The number of hydrogen-bond acceptors (Lipinski definition) is 5. The van der Waals surface area contributed by atoms with E-state index in [9.17, 15) is 4.79 Å². The minimum atomic E-state index is 0.0379. The lowest BCUT2D eigenvalue weighted by atomic mass is 10.1. The molecule has 1 saturated heterocycles. The van der Waals surface area contributed by atoms with Gasteiger partial charge in [0.1, 0.15) is 5.52 Å². The van der Waals surface area contributed by atoms with Gasteiger partial charge in [-0.05, 0) is 51.0 Å². The van der Waals surface area contributed by atoms with Crippen LogP contribution in [0.1, 0.15) is 25.7 Å². The molecule has 2 heterocycles. The van der Waals surface area contributed by atoms with Crippen LogP contribution in [-0.4, -0.2) is 47.7 Å². The van der Waals surface area contributed by atoms with Gasteiger partial charge in [0.2, 0.25) is 5.91 Å². The highest BCUT2D eigenvalue weighted by atomic mass is 32.2. The first-order valence-corrected chi connectivity index (χ1v) is 9.27. The topological polar surface area (TPSA) is 58.4 Å². The van der Waals surface area contributed by atoms with Crippen LogP contribution in [0.25, 0.3) is 11.1 Å². The number of benzene rings is 1. The number of amides is 1. The summed E-state index contributed by atoms with van der Waals surface area (Å²) in [6.07, 6.45) is 5.00. The molecule has 0 aliphatic carbocycles. The number of rotatable bonds is 7. The summed E-state index contributed by atoms with van der Waals surface area (Å²) in [5, 5.41) is 3.52. The summed E-state index contributed by atoms with van der Waals surface area (Å²) in [5.74, 6) is 0.382. The zero-order valence-corrected chi connectivity index (χ0v) is 14.1. The third-order valence-electron chi connectivity index (χ3n) is 4.02. The van der Waals surface area contributed by atoms with Crippen molar-refractivity contribution >= 4 is 28.8 Å². The molecular formula is C17H23N3O2S. The van der Waals surface area contributed by atoms with E-state index in [0.29, 0.717) is 11.0 Å². The highest BCUT2D eigenvalue weighted by molar-refractivity contribution is 7.99. The van der Waals surface area contributed by atoms with Crippen molar-refractivity contribution < 1.29 is 9.21 Å². The number of carbonyl (C=O) groups excluding carboxylic acids is 1. The maximum Gasteiger partial charge on any atom is 0.257 e. The van der Waals surface area contributed by atoms with Gasteiger partial charge in [0, 0.05) is 6.54 Å². The molecule has 0 saturated carbocycles. The van der Waals surface area contributed by atoms with Crippen molar-refractivity contribution in [2.75, 3.05) is 31.9 Å². The van der Waals surface area contributed by atoms with Gasteiger partial charge >= 0.3 is 0 Å². The number of oxazole rings is 1. The average Bonchev–Trinajstić information content (AvgIpc) is 3.01. The Kier molecular flexibility index (Phi) is 5.93. The fourth-order valence-electron chi connectivity index (χ4n) is 2.80. The van der Waals surface area contributed by atoms with E-state index < -0.39 is 0 Å². The summed E-state index contributed by atoms with van der Waals surface area (Å²) in [6.45, 7) is 4.24. The number of hydrogen-bond donors (Lipinski definition) is 1. The first kappa shape index (κ1) is 16.3. The van der Waals surface area contributed by atoms with Crippen molar-refractivity contribution in [3.05, 3.63) is 24.3 Å². The van der Waals surface area contributed by atoms with Crippen LogP contribution in [0.4, 0.5) is 0 Å². The third-order valence-corrected chi connectivity index (χ3v) is 4.85. The largest absolute Gasteiger partial charge is 0.431 e. The Morgan fingerprint density at radius 2 is 2.09 bits per heavy atom. The summed E-state index contributed by atoms with van der Waals surface area (Å²) < 4.78 is 5.59. The fraction of sp³-hybridized carbons (Fsp3) is 0.529. The molecule has 6 heteroatoms. The molecular weight excluding hydrogens is 310 g/mol. The van der Waals surface area contributed by atoms with Crippen molar-refractivity contribution in [3.8, 4) is 0 Å². The normalized spacial score (nSPS) is 15.8. The van der Waals surface area contributed by atoms with E-state index in [-0.39, 0.29) is 5.91 Å². The predicted molar refractivity (Wildman–Crippen MR) is 92.7 cm³/mol. The van der Waals surface area contributed by atoms with Crippen molar-refractivity contribution in [2.24, 2.45) is 0 Å². The van der Waals surface area contributed by atoms with E-state index in [2.05, 4.69) is 15.2 Å². The lowest BCUT2D eigenvalue weighted by molar-refractivity contribution is -0.118. The molecule has 1 aliphatic rings. The van der Waals surface area contributed by atoms with Crippen LogP contribution in [0.15, 0.2) is 33.9 Å². The Labute approximate surface area is 140 Å². The number of nitrogens with zero attached hydrogens (tertiary/aromatic N) is 2. The summed E-state index contributed by atoms with van der Waals surface area (Å²) in [4.78, 5) is 18.7. The minimum absolute atomic E-state index is 0.0379. The molecule has 124 valence electrons. The Morgan fingerprint density at radius 1 is 1.26 bits per heavy atom. The molecule has 1 aliphatic heterocycles. The molecule has 0 atom stereocenters. The van der Waals surface area contributed by atoms with Gasteiger partial charge in [-0.15, -0.1) is 0 Å². The van der Waals surface area contributed by atoms with Crippen LogP contribution in [0, 0.1) is 0 Å². The maximum atomic E-state index is 11.9. The van der Waals surface area contributed by atoms with E-state index in [1.807, 2.05) is 24.3 Å². The van der Waals surface area contributed by atoms with Gasteiger partial charge in [-0.25, -0.2) is 4.98 Å². The molecule has 0 bridgehead atoms. The van der Waals surface area contributed by atoms with Crippen LogP contribution in [0.2, 0.25) is 0 Å². The number of likely N-dealkylation sites (tertiary alicyclic amines) is 1. The summed E-state index contributed by atoms with van der Waals surface area (Å²) in [5.41, 5.74) is 1.59. The number of piperidine rings is 1. The highest BCUT2D eigenvalue weighted by Gasteiger charge is 2.10. The van der Waals surface area contributed by atoms with Gasteiger partial charge in [-0.2, -0.15) is 0 Å². The summed E-state index contributed by atoms with van der Waals surface area (Å²) >= 11 is 1.34. The molecule has 1 fully saturated rings. The first-order valence-electron chi connectivity index (χ1n) is 8.29. The average molecular weight is 333 g/mol. The number of thioether (sulfide) groups is 1. The van der Waals surface area contributed by atoms with Crippen molar-refractivity contribution in [1.29, 1.82) is 0 Å². The van der Waals surface area contributed by atoms with Gasteiger partial charge in [-0.3, -0.25) is 4.79 Å². The maximum absolute atomic E-state index is 11.9. The standard InChI is InChI=1S/C17H23N3O2S/c21-16(18-9-6-12-20-10-4-1-5-11-20)13-23-17-19-14-7-2-3-8-15(14)22-17/h2-3,7-8H,1,4-6,9-13H2,(H,18,21). The summed E-state index contributed by atoms with van der Waals surface area (Å²) in [7, 11) is 0. The van der Waals surface area contributed by atoms with Crippen molar-refractivity contribution in [3.63, 3.8) is 0 Å². The quantitative estimate of drug-likeness (QED) is 0.624. The van der Waals surface area contributed by atoms with Crippen molar-refractivity contribution in [1.82, 2.24) is 15.2 Å². The third kappa shape index (κ3) is 4.97. The molecule has 3 rings (SSSR count). The van der Waals surface area contributed by atoms with Crippen molar-refractivity contribution in [2.45, 2.75) is 30.9 Å². The second-order valence-corrected chi connectivity index (χ2v) is 6.77. The van der Waals surface area contributed by atoms with Gasteiger partial charge < -0.3 is 14.6 Å². The molecule has 1 aromatic carbocycles. The van der Waals surface area contributed by atoms with E-state index in [0.717, 1.165) is 30.6 Å². The second-order valence-electron chi connectivity index (χ2n) is 5.84.